The van der Waals surface area contributed by atoms with Crippen LogP contribution in [0.4, 0.5) is 10.5 Å². The maximum Gasteiger partial charge on any atom is 0.411 e. The molecular formula is C16H12Cl2N2O4. The number of nitrogens with one attached hydrogen (secondary N) is 1. The Morgan fingerprint density at radius 3 is 2.71 bits per heavy atom. The minimum atomic E-state index is -0.536. The summed E-state index contributed by atoms with van der Waals surface area (Å²) in [6.45, 7) is 0.131. The normalized spacial score (nSPS) is 10.6. The molecule has 124 valence electrons. The summed E-state index contributed by atoms with van der Waals surface area (Å²) in [5.41, 5.74) is 1.64. The van der Waals surface area contributed by atoms with Crippen LogP contribution in [0.15, 0.2) is 40.8 Å². The summed E-state index contributed by atoms with van der Waals surface area (Å²) in [5, 5.41) is 3.43. The van der Waals surface area contributed by atoms with E-state index in [1.165, 1.54) is 7.11 Å². The van der Waals surface area contributed by atoms with Crippen LogP contribution in [0.25, 0.3) is 11.1 Å². The highest BCUT2D eigenvalue weighted by molar-refractivity contribution is 6.37. The summed E-state index contributed by atoms with van der Waals surface area (Å²) in [6, 6.07) is 10.1. The van der Waals surface area contributed by atoms with Crippen LogP contribution in [0, 0.1) is 0 Å². The maximum absolute atomic E-state index is 11.1. The molecule has 1 N–H and O–H groups in total. The van der Waals surface area contributed by atoms with Gasteiger partial charge < -0.3 is 13.9 Å². The van der Waals surface area contributed by atoms with Crippen molar-refractivity contribution in [2.24, 2.45) is 0 Å². The van der Waals surface area contributed by atoms with Crippen LogP contribution in [0.2, 0.25) is 10.0 Å². The second kappa shape index (κ2) is 6.98. The first-order valence-electron chi connectivity index (χ1n) is 6.87. The summed E-state index contributed by atoms with van der Waals surface area (Å²) in [7, 11) is 1.30. The molecule has 0 aliphatic carbocycles. The van der Waals surface area contributed by atoms with Crippen molar-refractivity contribution in [3.05, 3.63) is 52.3 Å². The van der Waals surface area contributed by atoms with E-state index in [0.29, 0.717) is 38.5 Å². The molecule has 0 fully saturated rings. The molecule has 2 aromatic carbocycles. The van der Waals surface area contributed by atoms with Crippen molar-refractivity contribution < 1.29 is 18.7 Å². The first-order chi connectivity index (χ1) is 11.5. The fourth-order valence-electron chi connectivity index (χ4n) is 2.02. The van der Waals surface area contributed by atoms with Crippen molar-refractivity contribution in [2.45, 2.75) is 6.61 Å². The van der Waals surface area contributed by atoms with E-state index in [1.807, 2.05) is 0 Å². The van der Waals surface area contributed by atoms with Gasteiger partial charge in [0.1, 0.15) is 11.3 Å². The molecule has 3 rings (SSSR count). The number of oxazole rings is 1. The molecule has 6 nitrogen and oxygen atoms in total. The molecule has 24 heavy (non-hydrogen) atoms. The van der Waals surface area contributed by atoms with E-state index in [2.05, 4.69) is 15.0 Å². The molecule has 0 saturated heterocycles. The Balaban J connectivity index is 1.67. The highest BCUT2D eigenvalue weighted by atomic mass is 35.5. The number of rotatable bonds is 4. The molecule has 0 spiro atoms. The van der Waals surface area contributed by atoms with Crippen molar-refractivity contribution in [3.8, 4) is 5.75 Å². The topological polar surface area (TPSA) is 73.6 Å². The number of hydrogen-bond donors (Lipinski definition) is 1. The van der Waals surface area contributed by atoms with Gasteiger partial charge in [0, 0.05) is 10.7 Å². The van der Waals surface area contributed by atoms with Crippen molar-refractivity contribution in [1.29, 1.82) is 0 Å². The van der Waals surface area contributed by atoms with Gasteiger partial charge in [-0.3, -0.25) is 5.32 Å². The molecule has 0 atom stereocenters. The average molecular weight is 367 g/mol. The highest BCUT2D eigenvalue weighted by Gasteiger charge is 2.11. The number of hydrogen-bond acceptors (Lipinski definition) is 5. The molecule has 0 bridgehead atoms. The van der Waals surface area contributed by atoms with E-state index in [1.54, 1.807) is 36.4 Å². The van der Waals surface area contributed by atoms with Crippen LogP contribution in [0.5, 0.6) is 5.75 Å². The smallest absolute Gasteiger partial charge is 0.411 e. The summed E-state index contributed by atoms with van der Waals surface area (Å²) >= 11 is 12.0. The summed E-state index contributed by atoms with van der Waals surface area (Å²) in [6.07, 6.45) is -0.536. The molecule has 1 amide bonds. The van der Waals surface area contributed by atoms with Crippen molar-refractivity contribution in [1.82, 2.24) is 4.98 Å². The zero-order valence-corrected chi connectivity index (χ0v) is 14.0. The lowest BCUT2D eigenvalue weighted by Crippen LogP contribution is -2.10. The van der Waals surface area contributed by atoms with Crippen LogP contribution in [0.1, 0.15) is 5.89 Å². The molecule has 0 radical (unpaired) electrons. The second-order valence-electron chi connectivity index (χ2n) is 4.77. The molecule has 1 heterocycles. The van der Waals surface area contributed by atoms with Crippen molar-refractivity contribution in [2.75, 3.05) is 12.4 Å². The second-order valence-corrected chi connectivity index (χ2v) is 5.62. The number of benzene rings is 2. The monoisotopic (exact) mass is 366 g/mol. The Labute approximate surface area is 147 Å². The lowest BCUT2D eigenvalue weighted by atomic mass is 10.3. The zero-order chi connectivity index (χ0) is 17.1. The Hall–Kier alpha value is -2.44. The minimum Gasteiger partial charge on any atom is -0.484 e. The Bertz CT molecular complexity index is 878. The van der Waals surface area contributed by atoms with Gasteiger partial charge in [-0.05, 0) is 36.4 Å². The van der Waals surface area contributed by atoms with Crippen molar-refractivity contribution >= 4 is 46.1 Å². The van der Waals surface area contributed by atoms with Crippen LogP contribution in [0.3, 0.4) is 0 Å². The summed E-state index contributed by atoms with van der Waals surface area (Å²) in [4.78, 5) is 15.4. The molecule has 3 aromatic rings. The van der Waals surface area contributed by atoms with Crippen LogP contribution >= 0.6 is 23.2 Å². The Morgan fingerprint density at radius 1 is 1.25 bits per heavy atom. The first kappa shape index (κ1) is 16.4. The third kappa shape index (κ3) is 3.72. The van der Waals surface area contributed by atoms with E-state index in [0.717, 1.165) is 0 Å². The maximum atomic E-state index is 11.1. The fraction of sp³-hybridized carbons (Fsp3) is 0.125. The summed E-state index contributed by atoms with van der Waals surface area (Å²) < 4.78 is 15.7. The zero-order valence-electron chi connectivity index (χ0n) is 12.5. The van der Waals surface area contributed by atoms with Gasteiger partial charge in [-0.1, -0.05) is 23.2 Å². The van der Waals surface area contributed by atoms with Gasteiger partial charge in [-0.25, -0.2) is 9.78 Å². The number of amides is 1. The number of halogens is 2. The predicted octanol–water partition coefficient (Wildman–Crippen LogP) is 4.89. The van der Waals surface area contributed by atoms with E-state index >= 15 is 0 Å². The van der Waals surface area contributed by atoms with Gasteiger partial charge in [0.25, 0.3) is 0 Å². The molecule has 1 aromatic heterocycles. The predicted molar refractivity (Wildman–Crippen MR) is 90.8 cm³/mol. The molecule has 0 aliphatic rings. The molecule has 8 heteroatoms. The van der Waals surface area contributed by atoms with Gasteiger partial charge in [0.2, 0.25) is 5.89 Å². The van der Waals surface area contributed by atoms with Gasteiger partial charge >= 0.3 is 6.09 Å². The standard InChI is InChI=1S/C16H12Cl2N2O4/c1-22-16(21)19-10-2-4-11(5-3-10)23-8-14-20-13-7-9(17)6-12(18)15(13)24-14/h2-7H,8H2,1H3,(H,19,21). The quantitative estimate of drug-likeness (QED) is 0.711. The highest BCUT2D eigenvalue weighted by Crippen LogP contribution is 2.28. The number of anilines is 1. The van der Waals surface area contributed by atoms with Crippen LogP contribution in [-0.2, 0) is 11.3 Å². The Morgan fingerprint density at radius 2 is 2.00 bits per heavy atom. The molecule has 0 saturated carbocycles. The van der Waals surface area contributed by atoms with Crippen molar-refractivity contribution in [3.63, 3.8) is 0 Å². The lowest BCUT2D eigenvalue weighted by molar-refractivity contribution is 0.187. The number of aromatic nitrogens is 1. The lowest BCUT2D eigenvalue weighted by Gasteiger charge is -2.06. The number of fused-ring (bicyclic) bond motifs is 1. The van der Waals surface area contributed by atoms with Gasteiger partial charge in [0.15, 0.2) is 12.2 Å². The SMILES string of the molecule is COC(=O)Nc1ccc(OCc2nc3cc(Cl)cc(Cl)c3o2)cc1. The third-order valence-corrected chi connectivity index (χ3v) is 3.60. The van der Waals surface area contributed by atoms with E-state index in [-0.39, 0.29) is 6.61 Å². The van der Waals surface area contributed by atoms with Crippen LogP contribution in [-0.4, -0.2) is 18.2 Å². The number of methoxy groups -OCH3 is 1. The van der Waals surface area contributed by atoms with E-state index in [4.69, 9.17) is 32.4 Å². The number of ether oxygens (including phenoxy) is 2. The first-order valence-corrected chi connectivity index (χ1v) is 7.63. The molecule has 0 unspecified atom stereocenters. The molecule has 0 aliphatic heterocycles. The molecular weight excluding hydrogens is 355 g/mol. The van der Waals surface area contributed by atoms with E-state index < -0.39 is 6.09 Å². The van der Waals surface area contributed by atoms with Crippen LogP contribution < -0.4 is 10.1 Å². The number of carbonyl (C=O) groups is 1. The third-order valence-electron chi connectivity index (χ3n) is 3.10. The van der Waals surface area contributed by atoms with Gasteiger partial charge in [0.05, 0.1) is 12.1 Å². The fourth-order valence-corrected chi connectivity index (χ4v) is 2.54. The number of nitrogens with zero attached hydrogens (tertiary/aromatic N) is 1. The Kier molecular flexibility index (Phi) is 4.78. The summed E-state index contributed by atoms with van der Waals surface area (Å²) in [5.74, 6) is 0.975. The van der Waals surface area contributed by atoms with Gasteiger partial charge in [-0.15, -0.1) is 0 Å². The minimum absolute atomic E-state index is 0.131. The van der Waals surface area contributed by atoms with E-state index in [9.17, 15) is 4.79 Å². The number of carbonyl (C=O) groups excluding carboxylic acids is 1. The largest absolute Gasteiger partial charge is 0.484 e. The van der Waals surface area contributed by atoms with Gasteiger partial charge in [-0.2, -0.15) is 0 Å². The average Bonchev–Trinajstić information content (AvgIpc) is 2.97.